The number of nitrogens with zero attached hydrogens (tertiary/aromatic N) is 2. The molecule has 0 spiro atoms. The zero-order valence-electron chi connectivity index (χ0n) is 11.2. The van der Waals surface area contributed by atoms with Crippen molar-refractivity contribution < 1.29 is 14.7 Å². The van der Waals surface area contributed by atoms with E-state index in [1.807, 2.05) is 6.92 Å². The first-order valence-electron chi connectivity index (χ1n) is 6.38. The predicted molar refractivity (Wildman–Crippen MR) is 70.2 cm³/mol. The fourth-order valence-electron chi connectivity index (χ4n) is 2.32. The van der Waals surface area contributed by atoms with Crippen LogP contribution in [0.3, 0.4) is 0 Å². The monoisotopic (exact) mass is 262 g/mol. The van der Waals surface area contributed by atoms with E-state index >= 15 is 0 Å². The Hall–Kier alpha value is -2.04. The van der Waals surface area contributed by atoms with E-state index in [2.05, 4.69) is 0 Å². The Morgan fingerprint density at radius 1 is 1.37 bits per heavy atom. The first kappa shape index (κ1) is 13.4. The Bertz CT molecular complexity index is 484. The first-order chi connectivity index (χ1) is 9.04. The van der Waals surface area contributed by atoms with E-state index in [4.69, 9.17) is 0 Å². The van der Waals surface area contributed by atoms with Crippen LogP contribution in [-0.4, -0.2) is 40.3 Å². The maximum Gasteiger partial charge on any atom is 0.243 e. The summed E-state index contributed by atoms with van der Waals surface area (Å²) < 4.78 is 0. The maximum absolute atomic E-state index is 12.1. The highest BCUT2D eigenvalue weighted by Crippen LogP contribution is 2.30. The van der Waals surface area contributed by atoms with Gasteiger partial charge in [-0.15, -0.1) is 0 Å². The third-order valence-electron chi connectivity index (χ3n) is 3.34. The number of hydrogen-bond donors (Lipinski definition) is 1. The number of carbonyl (C=O) groups excluding carboxylic acids is 2. The smallest absolute Gasteiger partial charge is 0.243 e. The van der Waals surface area contributed by atoms with E-state index in [1.54, 1.807) is 41.1 Å². The summed E-state index contributed by atoms with van der Waals surface area (Å²) in [6.07, 6.45) is 0.831. The van der Waals surface area contributed by atoms with Crippen LogP contribution in [0.5, 0.6) is 5.75 Å². The van der Waals surface area contributed by atoms with E-state index in [9.17, 15) is 14.7 Å². The fraction of sp³-hybridized carbons (Fsp3) is 0.429. The minimum absolute atomic E-state index is 0.0155. The molecule has 5 nitrogen and oxygen atoms in total. The Balaban J connectivity index is 2.30. The molecule has 19 heavy (non-hydrogen) atoms. The van der Waals surface area contributed by atoms with Crippen molar-refractivity contribution in [2.75, 3.05) is 13.6 Å². The largest absolute Gasteiger partial charge is 0.508 e. The number of likely N-dealkylation sites (N-methyl/N-ethyl adjacent to an activating group) is 1. The first-order valence-corrected chi connectivity index (χ1v) is 6.38. The lowest BCUT2D eigenvalue weighted by Crippen LogP contribution is -2.33. The van der Waals surface area contributed by atoms with E-state index in [0.29, 0.717) is 6.42 Å². The van der Waals surface area contributed by atoms with Gasteiger partial charge in [0, 0.05) is 13.5 Å². The molecule has 2 rings (SSSR count). The van der Waals surface area contributed by atoms with Gasteiger partial charge in [0.2, 0.25) is 11.8 Å². The number of phenolic OH excluding ortho intramolecular Hbond substituents is 1. The number of amides is 2. The number of rotatable bonds is 3. The van der Waals surface area contributed by atoms with Crippen LogP contribution in [0, 0.1) is 0 Å². The van der Waals surface area contributed by atoms with E-state index < -0.39 is 0 Å². The summed E-state index contributed by atoms with van der Waals surface area (Å²) in [5.41, 5.74) is 0.829. The Labute approximate surface area is 112 Å². The maximum atomic E-state index is 12.1. The highest BCUT2D eigenvalue weighted by molar-refractivity contribution is 5.88. The van der Waals surface area contributed by atoms with Crippen molar-refractivity contribution in [3.05, 3.63) is 29.8 Å². The third-order valence-corrected chi connectivity index (χ3v) is 3.34. The van der Waals surface area contributed by atoms with Gasteiger partial charge in [-0.2, -0.15) is 0 Å². The van der Waals surface area contributed by atoms with Crippen molar-refractivity contribution in [3.8, 4) is 5.75 Å². The second-order valence-electron chi connectivity index (χ2n) is 4.74. The van der Waals surface area contributed by atoms with Gasteiger partial charge in [-0.05, 0) is 24.1 Å². The van der Waals surface area contributed by atoms with Crippen LogP contribution in [0.2, 0.25) is 0 Å². The second-order valence-corrected chi connectivity index (χ2v) is 4.74. The molecule has 0 aliphatic carbocycles. The van der Waals surface area contributed by atoms with Crippen molar-refractivity contribution in [3.63, 3.8) is 0 Å². The molecule has 5 heteroatoms. The number of benzene rings is 1. The fourth-order valence-corrected chi connectivity index (χ4v) is 2.32. The Morgan fingerprint density at radius 3 is 2.58 bits per heavy atom. The van der Waals surface area contributed by atoms with Crippen LogP contribution in [-0.2, 0) is 9.59 Å². The van der Waals surface area contributed by atoms with Crippen molar-refractivity contribution in [1.29, 1.82) is 0 Å². The van der Waals surface area contributed by atoms with Crippen LogP contribution in [0.4, 0.5) is 0 Å². The topological polar surface area (TPSA) is 60.9 Å². The molecule has 1 saturated heterocycles. The van der Waals surface area contributed by atoms with E-state index in [0.717, 1.165) is 12.0 Å². The van der Waals surface area contributed by atoms with Gasteiger partial charge in [-0.1, -0.05) is 19.1 Å². The zero-order chi connectivity index (χ0) is 14.0. The van der Waals surface area contributed by atoms with Crippen LogP contribution < -0.4 is 0 Å². The van der Waals surface area contributed by atoms with Gasteiger partial charge in [-0.25, -0.2) is 0 Å². The lowest BCUT2D eigenvalue weighted by molar-refractivity contribution is -0.133. The third kappa shape index (κ3) is 2.54. The molecule has 1 atom stereocenters. The number of hydrogen-bond acceptors (Lipinski definition) is 3. The molecule has 1 heterocycles. The minimum atomic E-state index is -0.368. The average molecular weight is 262 g/mol. The molecule has 1 fully saturated rings. The van der Waals surface area contributed by atoms with Crippen molar-refractivity contribution in [1.82, 2.24) is 9.80 Å². The molecule has 1 N–H and O–H groups in total. The number of aromatic hydroxyl groups is 1. The molecule has 1 aromatic carbocycles. The predicted octanol–water partition coefficient (Wildman–Crippen LogP) is 1.49. The molecule has 0 bridgehead atoms. The molecule has 1 unspecified atom stereocenters. The SMILES string of the molecule is CCCC(=O)N1CC(=O)N(C)C1c1ccc(O)cc1. The normalized spacial score (nSPS) is 19.1. The molecule has 0 aromatic heterocycles. The quantitative estimate of drug-likeness (QED) is 0.897. The number of phenols is 1. The average Bonchev–Trinajstić information content (AvgIpc) is 2.68. The summed E-state index contributed by atoms with van der Waals surface area (Å²) in [5.74, 6) is 0.0861. The van der Waals surface area contributed by atoms with Gasteiger partial charge in [-0.3, -0.25) is 9.59 Å². The van der Waals surface area contributed by atoms with E-state index in [-0.39, 0.29) is 30.3 Å². The standard InChI is InChI=1S/C14H18N2O3/c1-3-4-12(18)16-9-13(19)15(2)14(16)10-5-7-11(17)8-6-10/h5-8,14,17H,3-4,9H2,1-2H3. The zero-order valence-corrected chi connectivity index (χ0v) is 11.2. The van der Waals surface area contributed by atoms with Crippen molar-refractivity contribution in [2.24, 2.45) is 0 Å². The highest BCUT2D eigenvalue weighted by Gasteiger charge is 2.38. The molecule has 1 aliphatic heterocycles. The summed E-state index contributed by atoms with van der Waals surface area (Å²) in [7, 11) is 1.69. The van der Waals surface area contributed by atoms with Crippen LogP contribution in [0.25, 0.3) is 0 Å². The summed E-state index contributed by atoms with van der Waals surface area (Å²) in [4.78, 5) is 27.1. The molecule has 2 amide bonds. The molecular weight excluding hydrogens is 244 g/mol. The van der Waals surface area contributed by atoms with Crippen LogP contribution >= 0.6 is 0 Å². The highest BCUT2D eigenvalue weighted by atomic mass is 16.3. The molecule has 1 aliphatic rings. The Kier molecular flexibility index (Phi) is 3.74. The van der Waals surface area contributed by atoms with Crippen LogP contribution in [0.15, 0.2) is 24.3 Å². The van der Waals surface area contributed by atoms with Gasteiger partial charge >= 0.3 is 0 Å². The molecule has 1 aromatic rings. The summed E-state index contributed by atoms with van der Waals surface area (Å²) >= 11 is 0. The van der Waals surface area contributed by atoms with E-state index in [1.165, 1.54) is 0 Å². The van der Waals surface area contributed by atoms with Crippen molar-refractivity contribution >= 4 is 11.8 Å². The lowest BCUT2D eigenvalue weighted by Gasteiger charge is -2.28. The lowest BCUT2D eigenvalue weighted by atomic mass is 10.1. The molecular formula is C14H18N2O3. The van der Waals surface area contributed by atoms with Gasteiger partial charge in [0.15, 0.2) is 0 Å². The Morgan fingerprint density at radius 2 is 2.00 bits per heavy atom. The van der Waals surface area contributed by atoms with Gasteiger partial charge in [0.1, 0.15) is 18.5 Å². The summed E-state index contributed by atoms with van der Waals surface area (Å²) in [6, 6.07) is 6.60. The second kappa shape index (κ2) is 5.30. The summed E-state index contributed by atoms with van der Waals surface area (Å²) in [6.45, 7) is 2.07. The van der Waals surface area contributed by atoms with Crippen molar-refractivity contribution in [2.45, 2.75) is 25.9 Å². The number of carbonyl (C=O) groups is 2. The summed E-state index contributed by atoms with van der Waals surface area (Å²) in [5, 5.41) is 9.32. The van der Waals surface area contributed by atoms with Gasteiger partial charge < -0.3 is 14.9 Å². The van der Waals surface area contributed by atoms with Crippen LogP contribution in [0.1, 0.15) is 31.5 Å². The molecule has 0 saturated carbocycles. The molecule has 102 valence electrons. The van der Waals surface area contributed by atoms with Gasteiger partial charge in [0.25, 0.3) is 0 Å². The molecule has 0 radical (unpaired) electrons. The minimum Gasteiger partial charge on any atom is -0.508 e. The van der Waals surface area contributed by atoms with Gasteiger partial charge in [0.05, 0.1) is 0 Å².